The van der Waals surface area contributed by atoms with Gasteiger partial charge in [0, 0.05) is 6.54 Å². The van der Waals surface area contributed by atoms with Crippen molar-refractivity contribution in [3.8, 4) is 5.75 Å². The molecule has 0 aliphatic heterocycles. The number of hydrogen-bond donors (Lipinski definition) is 0. The van der Waals surface area contributed by atoms with Crippen molar-refractivity contribution in [1.82, 2.24) is 4.90 Å². The van der Waals surface area contributed by atoms with Crippen LogP contribution in [0.15, 0.2) is 18.2 Å². The molecule has 4 unspecified atom stereocenters. The highest BCUT2D eigenvalue weighted by Gasteiger charge is 2.43. The Bertz CT molecular complexity index is 502. The maximum Gasteiger partial charge on any atom is 0.126 e. The van der Waals surface area contributed by atoms with Gasteiger partial charge >= 0.3 is 0 Å². The van der Waals surface area contributed by atoms with Crippen molar-refractivity contribution in [1.29, 1.82) is 0 Å². The van der Waals surface area contributed by atoms with Gasteiger partial charge in [-0.3, -0.25) is 0 Å². The average molecular weight is 291 g/mol. The van der Waals surface area contributed by atoms with Crippen LogP contribution in [0.3, 0.4) is 0 Å². The second-order valence-electron chi connectivity index (χ2n) is 7.09. The summed E-state index contributed by atoms with van der Waals surface area (Å²) in [6.45, 7) is 1.05. The Labute approximate surface area is 127 Å². The van der Waals surface area contributed by atoms with E-state index in [9.17, 15) is 4.39 Å². The first kappa shape index (κ1) is 14.8. The van der Waals surface area contributed by atoms with Crippen molar-refractivity contribution in [3.05, 3.63) is 29.6 Å². The lowest BCUT2D eigenvalue weighted by Crippen LogP contribution is -2.35. The van der Waals surface area contributed by atoms with Gasteiger partial charge in [-0.05, 0) is 80.8 Å². The summed E-state index contributed by atoms with van der Waals surface area (Å²) in [4.78, 5) is 2.26. The van der Waals surface area contributed by atoms with E-state index in [2.05, 4.69) is 19.0 Å². The molecule has 2 aliphatic rings. The minimum Gasteiger partial charge on any atom is -0.497 e. The Morgan fingerprint density at radius 3 is 2.76 bits per heavy atom. The molecule has 4 atom stereocenters. The van der Waals surface area contributed by atoms with E-state index in [1.54, 1.807) is 19.2 Å². The highest BCUT2D eigenvalue weighted by Crippen LogP contribution is 2.52. The summed E-state index contributed by atoms with van der Waals surface area (Å²) in [5.41, 5.74) is 0.873. The van der Waals surface area contributed by atoms with Crippen molar-refractivity contribution < 1.29 is 9.13 Å². The molecule has 2 fully saturated rings. The molecule has 3 rings (SSSR count). The Morgan fingerprint density at radius 1 is 1.24 bits per heavy atom. The molecule has 0 radical (unpaired) electrons. The highest BCUT2D eigenvalue weighted by atomic mass is 19.1. The van der Waals surface area contributed by atoms with E-state index in [4.69, 9.17) is 4.74 Å². The summed E-state index contributed by atoms with van der Waals surface area (Å²) in [5, 5.41) is 0. The van der Waals surface area contributed by atoms with Crippen LogP contribution in [0, 0.1) is 23.6 Å². The molecule has 2 saturated carbocycles. The zero-order valence-corrected chi connectivity index (χ0v) is 13.3. The van der Waals surface area contributed by atoms with Crippen LogP contribution in [0.4, 0.5) is 4.39 Å². The van der Waals surface area contributed by atoms with E-state index >= 15 is 0 Å². The predicted molar refractivity (Wildman–Crippen MR) is 83.2 cm³/mol. The first-order valence-electron chi connectivity index (χ1n) is 8.06. The lowest BCUT2D eigenvalue weighted by atomic mass is 9.69. The van der Waals surface area contributed by atoms with Gasteiger partial charge in [-0.1, -0.05) is 6.42 Å². The quantitative estimate of drug-likeness (QED) is 0.834. The molecule has 21 heavy (non-hydrogen) atoms. The van der Waals surface area contributed by atoms with Gasteiger partial charge in [-0.2, -0.15) is 0 Å². The molecule has 2 nitrogen and oxygen atoms in total. The van der Waals surface area contributed by atoms with Crippen LogP contribution < -0.4 is 4.74 Å². The van der Waals surface area contributed by atoms with Gasteiger partial charge in [0.2, 0.25) is 0 Å². The zero-order chi connectivity index (χ0) is 15.0. The van der Waals surface area contributed by atoms with E-state index in [0.29, 0.717) is 11.8 Å². The molecule has 0 aromatic heterocycles. The lowest BCUT2D eigenvalue weighted by Gasteiger charge is -2.38. The molecule has 0 amide bonds. The average Bonchev–Trinajstić information content (AvgIpc) is 2.85. The Morgan fingerprint density at radius 2 is 2.05 bits per heavy atom. The van der Waals surface area contributed by atoms with E-state index in [1.165, 1.54) is 19.3 Å². The molecule has 1 aromatic carbocycles. The molecule has 1 aromatic rings. The monoisotopic (exact) mass is 291 g/mol. The molecule has 0 saturated heterocycles. The molecule has 116 valence electrons. The van der Waals surface area contributed by atoms with E-state index < -0.39 is 0 Å². The van der Waals surface area contributed by atoms with Crippen molar-refractivity contribution in [3.63, 3.8) is 0 Å². The van der Waals surface area contributed by atoms with Gasteiger partial charge in [-0.15, -0.1) is 0 Å². The number of methoxy groups -OCH3 is 1. The van der Waals surface area contributed by atoms with Crippen LogP contribution in [0.5, 0.6) is 5.75 Å². The second-order valence-corrected chi connectivity index (χ2v) is 7.09. The van der Waals surface area contributed by atoms with Crippen molar-refractivity contribution in [2.24, 2.45) is 17.8 Å². The summed E-state index contributed by atoms with van der Waals surface area (Å²) >= 11 is 0. The first-order chi connectivity index (χ1) is 10.1. The first-order valence-corrected chi connectivity index (χ1v) is 8.06. The number of benzene rings is 1. The third-order valence-electron chi connectivity index (χ3n) is 5.47. The van der Waals surface area contributed by atoms with Gasteiger partial charge < -0.3 is 9.64 Å². The van der Waals surface area contributed by atoms with E-state index in [0.717, 1.165) is 36.1 Å². The predicted octanol–water partition coefficient (Wildman–Crippen LogP) is 3.92. The fourth-order valence-electron chi connectivity index (χ4n) is 4.57. The smallest absolute Gasteiger partial charge is 0.126 e. The zero-order valence-electron chi connectivity index (χ0n) is 13.3. The Hall–Kier alpha value is -1.09. The standard InChI is InChI=1S/C18H26FNO/c1-20(2)11-17-13-5-4-12(8-13)9-15(17)16-10-14(21-3)6-7-18(16)19/h6-7,10,12-13,15,17H,4-5,8-9,11H2,1-3H3. The van der Waals surface area contributed by atoms with Crippen molar-refractivity contribution >= 4 is 0 Å². The third kappa shape index (κ3) is 2.94. The van der Waals surface area contributed by atoms with Gasteiger partial charge in [0.1, 0.15) is 11.6 Å². The van der Waals surface area contributed by atoms with Crippen molar-refractivity contribution in [2.75, 3.05) is 27.7 Å². The Kier molecular flexibility index (Phi) is 4.21. The molecule has 0 N–H and O–H groups in total. The van der Waals surface area contributed by atoms with Gasteiger partial charge in [-0.25, -0.2) is 4.39 Å². The number of fused-ring (bicyclic) bond motifs is 2. The molecule has 0 spiro atoms. The van der Waals surface area contributed by atoms with Crippen LogP contribution in [0.2, 0.25) is 0 Å². The van der Waals surface area contributed by atoms with Crippen LogP contribution in [-0.2, 0) is 0 Å². The second kappa shape index (κ2) is 5.96. The molecular formula is C18H26FNO. The van der Waals surface area contributed by atoms with Crippen molar-refractivity contribution in [2.45, 2.75) is 31.6 Å². The SMILES string of the molecule is COc1ccc(F)c(C2CC3CCC(C3)C2CN(C)C)c1. The minimum absolute atomic E-state index is 0.0640. The maximum absolute atomic E-state index is 14.4. The summed E-state index contributed by atoms with van der Waals surface area (Å²) < 4.78 is 19.7. The summed E-state index contributed by atoms with van der Waals surface area (Å²) in [6, 6.07) is 5.21. The van der Waals surface area contributed by atoms with Gasteiger partial charge in [0.05, 0.1) is 7.11 Å². The van der Waals surface area contributed by atoms with Crippen LogP contribution in [-0.4, -0.2) is 32.6 Å². The summed E-state index contributed by atoms with van der Waals surface area (Å²) in [6.07, 6.45) is 5.14. The molecule has 2 bridgehead atoms. The topological polar surface area (TPSA) is 12.5 Å². The summed E-state index contributed by atoms with van der Waals surface area (Å²) in [7, 11) is 5.90. The number of halogens is 1. The molecule has 0 heterocycles. The van der Waals surface area contributed by atoms with Crippen LogP contribution >= 0.6 is 0 Å². The molecular weight excluding hydrogens is 265 g/mol. The number of nitrogens with zero attached hydrogens (tertiary/aromatic N) is 1. The summed E-state index contributed by atoms with van der Waals surface area (Å²) in [5.74, 6) is 3.18. The van der Waals surface area contributed by atoms with Gasteiger partial charge in [0.15, 0.2) is 0 Å². The fraction of sp³-hybridized carbons (Fsp3) is 0.667. The fourth-order valence-corrected chi connectivity index (χ4v) is 4.57. The number of ether oxygens (including phenoxy) is 1. The normalized spacial score (nSPS) is 31.7. The van der Waals surface area contributed by atoms with E-state index in [-0.39, 0.29) is 5.82 Å². The largest absolute Gasteiger partial charge is 0.497 e. The maximum atomic E-state index is 14.4. The van der Waals surface area contributed by atoms with Gasteiger partial charge in [0.25, 0.3) is 0 Å². The minimum atomic E-state index is -0.0640. The molecule has 3 heteroatoms. The Balaban J connectivity index is 1.94. The van der Waals surface area contributed by atoms with Crippen LogP contribution in [0.25, 0.3) is 0 Å². The number of hydrogen-bond acceptors (Lipinski definition) is 2. The highest BCUT2D eigenvalue weighted by molar-refractivity contribution is 5.33. The van der Waals surface area contributed by atoms with E-state index in [1.807, 2.05) is 6.07 Å². The van der Waals surface area contributed by atoms with Crippen LogP contribution in [0.1, 0.15) is 37.2 Å². The number of rotatable bonds is 4. The third-order valence-corrected chi connectivity index (χ3v) is 5.47. The lowest BCUT2D eigenvalue weighted by molar-refractivity contribution is 0.162. The molecule has 2 aliphatic carbocycles.